The summed E-state index contributed by atoms with van der Waals surface area (Å²) in [5.74, 6) is 0.102. The number of pyridine rings is 2. The molecule has 0 unspecified atom stereocenters. The number of carbonyl (C=O) groups excluding carboxylic acids is 1. The number of alkyl halides is 1. The molecule has 34 heavy (non-hydrogen) atoms. The quantitative estimate of drug-likeness (QED) is 0.470. The van der Waals surface area contributed by atoms with Gasteiger partial charge in [0.15, 0.2) is 0 Å². The van der Waals surface area contributed by atoms with Crippen molar-refractivity contribution < 1.29 is 13.6 Å². The molecule has 4 aromatic rings. The first kappa shape index (κ1) is 20.6. The van der Waals surface area contributed by atoms with Gasteiger partial charge in [0.25, 0.3) is 5.91 Å². The lowest BCUT2D eigenvalue weighted by molar-refractivity contribution is 0.0966. The predicted octanol–water partition coefficient (Wildman–Crippen LogP) is 4.46. The molecule has 1 aromatic carbocycles. The van der Waals surface area contributed by atoms with Crippen LogP contribution in [0, 0.1) is 5.82 Å². The number of imidazole rings is 1. The molecule has 0 radical (unpaired) electrons. The van der Waals surface area contributed by atoms with Crippen LogP contribution in [0.3, 0.4) is 0 Å². The molecule has 2 aliphatic rings. The Labute approximate surface area is 194 Å². The van der Waals surface area contributed by atoms with Gasteiger partial charge in [-0.15, -0.1) is 0 Å². The molecule has 0 atom stereocenters. The summed E-state index contributed by atoms with van der Waals surface area (Å²) in [7, 11) is 0. The lowest BCUT2D eigenvalue weighted by Gasteiger charge is -2.30. The Balaban J connectivity index is 1.31. The van der Waals surface area contributed by atoms with Gasteiger partial charge in [-0.2, -0.15) is 0 Å². The number of amides is 1. The third-order valence-electron chi connectivity index (χ3n) is 6.52. The molecule has 6 rings (SSSR count). The van der Waals surface area contributed by atoms with E-state index in [0.29, 0.717) is 55.2 Å². The first-order valence-electron chi connectivity index (χ1n) is 11.3. The van der Waals surface area contributed by atoms with Gasteiger partial charge in [0.1, 0.15) is 23.5 Å². The highest BCUT2D eigenvalue weighted by Crippen LogP contribution is 2.35. The maximum Gasteiger partial charge on any atom is 0.254 e. The third-order valence-corrected chi connectivity index (χ3v) is 6.52. The zero-order valence-electron chi connectivity index (χ0n) is 18.3. The lowest BCUT2D eigenvalue weighted by atomic mass is 9.99. The Hall–Kier alpha value is -4.01. The van der Waals surface area contributed by atoms with Gasteiger partial charge in [0.05, 0.1) is 35.0 Å². The minimum atomic E-state index is -0.719. The fourth-order valence-corrected chi connectivity index (χ4v) is 4.74. The molecule has 172 valence electrons. The molecule has 0 saturated carbocycles. The summed E-state index contributed by atoms with van der Waals surface area (Å²) in [5.41, 5.74) is 5.18. The van der Waals surface area contributed by atoms with E-state index in [4.69, 9.17) is 0 Å². The first-order valence-corrected chi connectivity index (χ1v) is 11.3. The van der Waals surface area contributed by atoms with Crippen molar-refractivity contribution in [1.82, 2.24) is 19.7 Å². The van der Waals surface area contributed by atoms with E-state index in [9.17, 15) is 13.6 Å². The normalized spacial score (nSPS) is 16.1. The number of nitrogens with zero attached hydrogens (tertiary/aromatic N) is 4. The standard InChI is InChI=1S/C25H22F2N6O/c26-15-5-8-32(9-6-15)17-1-4-22(28-12-17)31-20-3-2-18(19-13-30-25(34)24(19)20)21-14-29-23-11-16(27)7-10-33(21)23/h1-4,7,10-12,14-15H,5-6,8-9,13H2,(H,28,31)(H,30,34). The van der Waals surface area contributed by atoms with E-state index in [0.717, 1.165) is 22.5 Å². The minimum Gasteiger partial charge on any atom is -0.370 e. The van der Waals surface area contributed by atoms with Crippen LogP contribution in [0.2, 0.25) is 0 Å². The average molecular weight is 460 g/mol. The Bertz CT molecular complexity index is 1390. The average Bonchev–Trinajstić information content (AvgIpc) is 3.44. The van der Waals surface area contributed by atoms with E-state index >= 15 is 0 Å². The molecule has 3 aromatic heterocycles. The summed E-state index contributed by atoms with van der Waals surface area (Å²) in [6.07, 6.45) is 5.45. The Morgan fingerprint density at radius 1 is 1.06 bits per heavy atom. The number of benzene rings is 1. The van der Waals surface area contributed by atoms with Crippen molar-refractivity contribution >= 4 is 28.7 Å². The summed E-state index contributed by atoms with van der Waals surface area (Å²) >= 11 is 0. The van der Waals surface area contributed by atoms with Crippen LogP contribution in [-0.2, 0) is 6.54 Å². The zero-order chi connectivity index (χ0) is 23.2. The number of hydrogen-bond donors (Lipinski definition) is 2. The highest BCUT2D eigenvalue weighted by molar-refractivity contribution is 6.06. The number of halogens is 2. The highest BCUT2D eigenvalue weighted by Gasteiger charge is 2.27. The fraction of sp³-hybridized carbons (Fsp3) is 0.240. The maximum atomic E-state index is 13.6. The number of piperidine rings is 1. The van der Waals surface area contributed by atoms with Crippen molar-refractivity contribution in [3.05, 3.63) is 71.9 Å². The number of anilines is 3. The van der Waals surface area contributed by atoms with Crippen molar-refractivity contribution in [3.63, 3.8) is 0 Å². The van der Waals surface area contributed by atoms with E-state index in [1.807, 2.05) is 24.3 Å². The number of carbonyl (C=O) groups is 1. The van der Waals surface area contributed by atoms with Crippen LogP contribution in [0.15, 0.2) is 55.0 Å². The van der Waals surface area contributed by atoms with Crippen molar-refractivity contribution in [1.29, 1.82) is 0 Å². The second kappa shape index (κ2) is 8.09. The van der Waals surface area contributed by atoms with Crippen LogP contribution in [0.5, 0.6) is 0 Å². The molecule has 0 spiro atoms. The van der Waals surface area contributed by atoms with Crippen LogP contribution in [-0.4, -0.2) is 39.5 Å². The maximum absolute atomic E-state index is 13.6. The van der Waals surface area contributed by atoms with Gasteiger partial charge in [-0.25, -0.2) is 18.7 Å². The van der Waals surface area contributed by atoms with Crippen molar-refractivity contribution in [3.8, 4) is 11.3 Å². The van der Waals surface area contributed by atoms with Crippen LogP contribution < -0.4 is 15.5 Å². The molecule has 9 heteroatoms. The van der Waals surface area contributed by atoms with Crippen LogP contribution in [0.1, 0.15) is 28.8 Å². The highest BCUT2D eigenvalue weighted by atomic mass is 19.1. The molecule has 7 nitrogen and oxygen atoms in total. The number of nitrogens with one attached hydrogen (secondary N) is 2. The van der Waals surface area contributed by atoms with E-state index in [-0.39, 0.29) is 11.7 Å². The summed E-state index contributed by atoms with van der Waals surface area (Å²) < 4.78 is 28.8. The van der Waals surface area contributed by atoms with E-state index in [1.165, 1.54) is 12.1 Å². The largest absolute Gasteiger partial charge is 0.370 e. The summed E-state index contributed by atoms with van der Waals surface area (Å²) in [4.78, 5) is 23.7. The molecule has 1 amide bonds. The first-order chi connectivity index (χ1) is 16.6. The summed E-state index contributed by atoms with van der Waals surface area (Å²) in [6, 6.07) is 10.4. The number of fused-ring (bicyclic) bond motifs is 2. The monoisotopic (exact) mass is 460 g/mol. The summed E-state index contributed by atoms with van der Waals surface area (Å²) in [6.45, 7) is 1.76. The Morgan fingerprint density at radius 3 is 2.71 bits per heavy atom. The minimum absolute atomic E-state index is 0.162. The van der Waals surface area contributed by atoms with Gasteiger partial charge in [0, 0.05) is 37.5 Å². The molecule has 2 aliphatic heterocycles. The molecule has 1 fully saturated rings. The number of rotatable bonds is 4. The molecule has 5 heterocycles. The van der Waals surface area contributed by atoms with Crippen LogP contribution >= 0.6 is 0 Å². The number of aromatic nitrogens is 3. The fourth-order valence-electron chi connectivity index (χ4n) is 4.74. The molecule has 0 aliphatic carbocycles. The van der Waals surface area contributed by atoms with Crippen molar-refractivity contribution in [2.75, 3.05) is 23.3 Å². The smallest absolute Gasteiger partial charge is 0.254 e. The second-order valence-electron chi connectivity index (χ2n) is 8.60. The van der Waals surface area contributed by atoms with E-state index in [1.54, 1.807) is 23.0 Å². The van der Waals surface area contributed by atoms with Crippen molar-refractivity contribution in [2.24, 2.45) is 0 Å². The van der Waals surface area contributed by atoms with Gasteiger partial charge in [-0.05, 0) is 42.7 Å². The van der Waals surface area contributed by atoms with E-state index in [2.05, 4.69) is 25.5 Å². The zero-order valence-corrected chi connectivity index (χ0v) is 18.3. The van der Waals surface area contributed by atoms with Gasteiger partial charge in [-0.1, -0.05) is 6.07 Å². The van der Waals surface area contributed by atoms with Crippen LogP contribution in [0.25, 0.3) is 16.9 Å². The van der Waals surface area contributed by atoms with Gasteiger partial charge < -0.3 is 15.5 Å². The topological polar surface area (TPSA) is 74.6 Å². The summed E-state index contributed by atoms with van der Waals surface area (Å²) in [5, 5.41) is 6.17. The predicted molar refractivity (Wildman–Crippen MR) is 126 cm³/mol. The van der Waals surface area contributed by atoms with Gasteiger partial charge in [0.2, 0.25) is 0 Å². The Kier molecular flexibility index (Phi) is 4.90. The van der Waals surface area contributed by atoms with Gasteiger partial charge >= 0.3 is 0 Å². The van der Waals surface area contributed by atoms with Crippen LogP contribution in [0.4, 0.5) is 26.0 Å². The van der Waals surface area contributed by atoms with Gasteiger partial charge in [-0.3, -0.25) is 9.20 Å². The molecule has 0 bridgehead atoms. The molecular formula is C25H22F2N6O. The third kappa shape index (κ3) is 3.53. The molecular weight excluding hydrogens is 438 g/mol. The molecule has 1 saturated heterocycles. The van der Waals surface area contributed by atoms with Crippen molar-refractivity contribution in [2.45, 2.75) is 25.6 Å². The Morgan fingerprint density at radius 2 is 1.91 bits per heavy atom. The number of hydrogen-bond acceptors (Lipinski definition) is 5. The second-order valence-corrected chi connectivity index (χ2v) is 8.60. The SMILES string of the molecule is O=C1NCc2c(-c3cnc4cc(F)ccn34)ccc(Nc3ccc(N4CCC(F)CC4)cn3)c21. The lowest BCUT2D eigenvalue weighted by Crippen LogP contribution is -2.34. The van der Waals surface area contributed by atoms with E-state index < -0.39 is 6.17 Å². The molecule has 2 N–H and O–H groups in total.